The Morgan fingerprint density at radius 1 is 1.27 bits per heavy atom. The third kappa shape index (κ3) is 4.33. The van der Waals surface area contributed by atoms with E-state index >= 15 is 0 Å². The molecule has 2 atom stereocenters. The van der Waals surface area contributed by atoms with Crippen molar-refractivity contribution in [3.8, 4) is 17.1 Å². The first-order chi connectivity index (χ1) is 15.8. The smallest absolute Gasteiger partial charge is 0.302 e. The summed E-state index contributed by atoms with van der Waals surface area (Å²) in [5.74, 6) is 0.739. The second-order valence-corrected chi connectivity index (χ2v) is 8.40. The normalized spacial score (nSPS) is 16.9. The van der Waals surface area contributed by atoms with Crippen molar-refractivity contribution < 1.29 is 14.3 Å². The largest absolute Gasteiger partial charge is 0.497 e. The maximum Gasteiger partial charge on any atom is 0.302 e. The van der Waals surface area contributed by atoms with Crippen LogP contribution in [0.3, 0.4) is 0 Å². The van der Waals surface area contributed by atoms with Crippen molar-refractivity contribution in [2.75, 3.05) is 12.4 Å². The van der Waals surface area contributed by atoms with Crippen LogP contribution in [0.2, 0.25) is 5.02 Å². The van der Waals surface area contributed by atoms with E-state index in [2.05, 4.69) is 5.32 Å². The van der Waals surface area contributed by atoms with Gasteiger partial charge in [0.25, 0.3) is 5.56 Å². The Morgan fingerprint density at radius 2 is 2.03 bits per heavy atom. The molecule has 0 bridgehead atoms. The number of nitrogens with one attached hydrogen (secondary N) is 1. The molecule has 0 spiro atoms. The minimum absolute atomic E-state index is 0.227. The van der Waals surface area contributed by atoms with Crippen LogP contribution in [-0.2, 0) is 29.4 Å². The third-order valence-electron chi connectivity index (χ3n) is 5.92. The molecule has 1 aliphatic carbocycles. The van der Waals surface area contributed by atoms with Gasteiger partial charge in [0.15, 0.2) is 0 Å². The average Bonchev–Trinajstić information content (AvgIpc) is 3.13. The van der Waals surface area contributed by atoms with Gasteiger partial charge >= 0.3 is 5.97 Å². The van der Waals surface area contributed by atoms with Crippen LogP contribution in [0.25, 0.3) is 11.4 Å². The molecule has 2 aromatic carbocycles. The predicted molar refractivity (Wildman–Crippen MR) is 128 cm³/mol. The van der Waals surface area contributed by atoms with Gasteiger partial charge in [-0.05, 0) is 35.7 Å². The van der Waals surface area contributed by atoms with E-state index in [-0.39, 0.29) is 17.6 Å². The summed E-state index contributed by atoms with van der Waals surface area (Å²) < 4.78 is 12.3. The van der Waals surface area contributed by atoms with Gasteiger partial charge < -0.3 is 14.8 Å². The number of methoxy groups -OCH3 is 1. The highest BCUT2D eigenvalue weighted by Gasteiger charge is 2.35. The molecule has 0 unspecified atom stereocenters. The molecule has 8 heteroatoms. The zero-order valence-corrected chi connectivity index (χ0v) is 19.8. The van der Waals surface area contributed by atoms with Crippen LogP contribution < -0.4 is 15.6 Å². The van der Waals surface area contributed by atoms with E-state index in [0.29, 0.717) is 46.4 Å². The van der Waals surface area contributed by atoms with Crippen LogP contribution in [0.1, 0.15) is 36.7 Å². The van der Waals surface area contributed by atoms with Crippen molar-refractivity contribution in [2.24, 2.45) is 7.05 Å². The Morgan fingerprint density at radius 3 is 2.70 bits per heavy atom. The van der Waals surface area contributed by atoms with E-state index in [9.17, 15) is 9.59 Å². The number of fused-ring (bicyclic) bond motifs is 1. The Balaban J connectivity index is 1.78. The van der Waals surface area contributed by atoms with Gasteiger partial charge in [-0.15, -0.1) is 0 Å². The van der Waals surface area contributed by atoms with Crippen molar-refractivity contribution >= 4 is 23.3 Å². The zero-order valence-electron chi connectivity index (χ0n) is 19.0. The molecule has 0 saturated carbocycles. The Kier molecular flexibility index (Phi) is 6.42. The number of halogens is 1. The highest BCUT2D eigenvalue weighted by Crippen LogP contribution is 2.36. The Bertz CT molecular complexity index is 1270. The summed E-state index contributed by atoms with van der Waals surface area (Å²) in [7, 11) is 3.24. The number of benzene rings is 2. The molecular weight excluding hydrogens is 442 g/mol. The molecule has 0 aliphatic heterocycles. The minimum atomic E-state index is -0.412. The van der Waals surface area contributed by atoms with Gasteiger partial charge in [-0.2, -0.15) is 0 Å². The maximum absolute atomic E-state index is 13.5. The zero-order chi connectivity index (χ0) is 23.7. The van der Waals surface area contributed by atoms with Crippen LogP contribution >= 0.6 is 11.6 Å². The summed E-state index contributed by atoms with van der Waals surface area (Å²) in [6, 6.07) is 12.8. The summed E-state index contributed by atoms with van der Waals surface area (Å²) in [5.41, 5.74) is 3.52. The molecule has 172 valence electrons. The topological polar surface area (TPSA) is 82.5 Å². The molecule has 1 aliphatic rings. The number of carbonyl (C=O) groups is 1. The molecule has 0 radical (unpaired) electrons. The Hall–Kier alpha value is -3.32. The van der Waals surface area contributed by atoms with Gasteiger partial charge in [0.2, 0.25) is 0 Å². The number of aryl methyl sites for hydroxylation is 1. The van der Waals surface area contributed by atoms with Crippen molar-refractivity contribution in [2.45, 2.75) is 38.8 Å². The first-order valence-corrected chi connectivity index (χ1v) is 11.2. The molecule has 33 heavy (non-hydrogen) atoms. The molecule has 4 rings (SSSR count). The molecule has 0 saturated heterocycles. The van der Waals surface area contributed by atoms with E-state index < -0.39 is 6.10 Å². The molecule has 3 aromatic rings. The fourth-order valence-electron chi connectivity index (χ4n) is 4.30. The average molecular weight is 468 g/mol. The summed E-state index contributed by atoms with van der Waals surface area (Å²) >= 11 is 6.46. The first-order valence-electron chi connectivity index (χ1n) is 10.8. The van der Waals surface area contributed by atoms with Crippen LogP contribution in [0.5, 0.6) is 5.75 Å². The van der Waals surface area contributed by atoms with Crippen molar-refractivity contribution in [3.05, 3.63) is 74.7 Å². The summed E-state index contributed by atoms with van der Waals surface area (Å²) in [6.45, 7) is 3.34. The second-order valence-electron chi connectivity index (χ2n) is 7.99. The number of ether oxygens (including phenoxy) is 2. The van der Waals surface area contributed by atoms with Gasteiger partial charge in [0.05, 0.1) is 23.9 Å². The lowest BCUT2D eigenvalue weighted by atomic mass is 10.1. The molecular formula is C25H26ClN3O4. The van der Waals surface area contributed by atoms with E-state index in [4.69, 9.17) is 26.1 Å². The number of hydrogen-bond acceptors (Lipinski definition) is 6. The first kappa shape index (κ1) is 22.9. The lowest BCUT2D eigenvalue weighted by Gasteiger charge is -2.24. The van der Waals surface area contributed by atoms with Crippen molar-refractivity contribution in [1.29, 1.82) is 0 Å². The second kappa shape index (κ2) is 9.27. The highest BCUT2D eigenvalue weighted by atomic mass is 35.5. The highest BCUT2D eigenvalue weighted by molar-refractivity contribution is 6.33. The number of anilines is 1. The van der Waals surface area contributed by atoms with Gasteiger partial charge in [-0.25, -0.2) is 4.98 Å². The fraction of sp³-hybridized carbons (Fsp3) is 0.320. The molecule has 0 fully saturated rings. The summed E-state index contributed by atoms with van der Waals surface area (Å²) in [6.07, 6.45) is 0.707. The molecule has 7 nitrogen and oxygen atoms in total. The summed E-state index contributed by atoms with van der Waals surface area (Å²) in [5, 5.41) is 3.81. The van der Waals surface area contributed by atoms with Gasteiger partial charge in [-0.1, -0.05) is 42.8 Å². The maximum atomic E-state index is 13.5. The molecule has 0 amide bonds. The monoisotopic (exact) mass is 467 g/mol. The van der Waals surface area contributed by atoms with Crippen molar-refractivity contribution in [3.63, 3.8) is 0 Å². The third-order valence-corrected chi connectivity index (χ3v) is 6.23. The predicted octanol–water partition coefficient (Wildman–Crippen LogP) is 4.31. The SMILES string of the molecule is CCc1nc(-c2ccc(OC)cc2Cl)n(C)c(=O)c1N[C@@H]1c2ccccc2C[C@@H]1OC(C)=O. The molecule has 1 aromatic heterocycles. The standard InChI is InChI=1S/C25H26ClN3O4/c1-5-20-23(28-22-17-9-7-6-8-15(17)12-21(22)33-14(2)30)25(31)29(3)24(27-20)18-11-10-16(32-4)13-19(18)26/h6-11,13,21-22,28H,5,12H2,1-4H3/t21-,22+/m0/s1. The minimum Gasteiger partial charge on any atom is -0.497 e. The van der Waals surface area contributed by atoms with E-state index in [1.807, 2.05) is 31.2 Å². The van der Waals surface area contributed by atoms with Crippen LogP contribution in [-0.4, -0.2) is 28.7 Å². The molecule has 1 N–H and O–H groups in total. The fourth-order valence-corrected chi connectivity index (χ4v) is 4.55. The quantitative estimate of drug-likeness (QED) is 0.544. The van der Waals surface area contributed by atoms with Gasteiger partial charge in [0.1, 0.15) is 23.4 Å². The number of esters is 1. The van der Waals surface area contributed by atoms with Crippen molar-refractivity contribution in [1.82, 2.24) is 9.55 Å². The number of nitrogens with zero attached hydrogens (tertiary/aromatic N) is 2. The Labute approximate surface area is 197 Å². The molecule has 1 heterocycles. The lowest BCUT2D eigenvalue weighted by Crippen LogP contribution is -2.32. The van der Waals surface area contributed by atoms with Gasteiger partial charge in [0, 0.05) is 26.0 Å². The van der Waals surface area contributed by atoms with Crippen LogP contribution in [0, 0.1) is 0 Å². The number of aromatic nitrogens is 2. The van der Waals surface area contributed by atoms with E-state index in [1.165, 1.54) is 11.5 Å². The number of hydrogen-bond donors (Lipinski definition) is 1. The van der Waals surface area contributed by atoms with Crippen LogP contribution in [0.15, 0.2) is 47.3 Å². The summed E-state index contributed by atoms with van der Waals surface area (Å²) in [4.78, 5) is 30.0. The van der Waals surface area contributed by atoms with Crippen LogP contribution in [0.4, 0.5) is 5.69 Å². The van der Waals surface area contributed by atoms with Gasteiger partial charge in [-0.3, -0.25) is 14.2 Å². The number of rotatable bonds is 6. The lowest BCUT2D eigenvalue weighted by molar-refractivity contribution is -0.146. The van der Waals surface area contributed by atoms with E-state index in [1.54, 1.807) is 32.4 Å². The van der Waals surface area contributed by atoms with E-state index in [0.717, 1.165) is 11.1 Å². The number of carbonyl (C=O) groups excluding carboxylic acids is 1.